The van der Waals surface area contributed by atoms with Crippen LogP contribution in [0.2, 0.25) is 0 Å². The molecule has 2 N–H and O–H groups in total. The molecule has 0 bridgehead atoms. The van der Waals surface area contributed by atoms with E-state index in [0.29, 0.717) is 6.04 Å². The van der Waals surface area contributed by atoms with E-state index in [0.717, 1.165) is 24.3 Å². The molecule has 0 aromatic rings. The van der Waals surface area contributed by atoms with Crippen molar-refractivity contribution in [3.63, 3.8) is 0 Å². The van der Waals surface area contributed by atoms with E-state index in [9.17, 15) is 0 Å². The lowest BCUT2D eigenvalue weighted by Gasteiger charge is -2.34. The Kier molecular flexibility index (Phi) is 5.77. The Balaban J connectivity index is 2.28. The molecule has 1 unspecified atom stereocenters. The fourth-order valence-electron chi connectivity index (χ4n) is 2.73. The van der Waals surface area contributed by atoms with Gasteiger partial charge in [0.05, 0.1) is 0 Å². The van der Waals surface area contributed by atoms with E-state index in [1.807, 2.05) is 0 Å². The normalized spacial score (nSPS) is 28.7. The maximum Gasteiger partial charge on any atom is 0.00869 e. The van der Waals surface area contributed by atoms with Gasteiger partial charge < -0.3 is 10.6 Å². The third-order valence-electron chi connectivity index (χ3n) is 4.51. The highest BCUT2D eigenvalue weighted by molar-refractivity contribution is 4.77. The van der Waals surface area contributed by atoms with Crippen LogP contribution in [-0.2, 0) is 0 Å². The molecule has 1 fully saturated rings. The van der Waals surface area contributed by atoms with E-state index < -0.39 is 0 Å². The van der Waals surface area contributed by atoms with Crippen molar-refractivity contribution in [1.29, 1.82) is 0 Å². The Morgan fingerprint density at radius 3 is 2.00 bits per heavy atom. The third-order valence-corrected chi connectivity index (χ3v) is 4.51. The topological polar surface area (TPSA) is 29.3 Å². The minimum absolute atomic E-state index is 0.701. The maximum atomic E-state index is 5.73. The Morgan fingerprint density at radius 1 is 1.06 bits per heavy atom. The van der Waals surface area contributed by atoms with Crippen LogP contribution in [0.1, 0.15) is 46.5 Å². The summed E-state index contributed by atoms with van der Waals surface area (Å²) in [6.45, 7) is 9.14. The first-order chi connectivity index (χ1) is 7.54. The van der Waals surface area contributed by atoms with Gasteiger partial charge in [0.1, 0.15) is 0 Å². The first-order valence-corrected chi connectivity index (χ1v) is 6.94. The van der Waals surface area contributed by atoms with Gasteiger partial charge >= 0.3 is 0 Å². The Morgan fingerprint density at radius 2 is 1.56 bits per heavy atom. The highest BCUT2D eigenvalue weighted by Crippen LogP contribution is 2.29. The van der Waals surface area contributed by atoms with E-state index in [2.05, 4.69) is 32.7 Å². The number of hydrogen-bond acceptors (Lipinski definition) is 2. The van der Waals surface area contributed by atoms with Crippen LogP contribution in [0.5, 0.6) is 0 Å². The highest BCUT2D eigenvalue weighted by atomic mass is 15.1. The molecule has 1 saturated carbocycles. The summed E-state index contributed by atoms with van der Waals surface area (Å²) < 4.78 is 0. The quantitative estimate of drug-likeness (QED) is 0.781. The van der Waals surface area contributed by atoms with Crippen LogP contribution in [0.3, 0.4) is 0 Å². The zero-order valence-corrected chi connectivity index (χ0v) is 11.6. The van der Waals surface area contributed by atoms with Crippen LogP contribution in [0, 0.1) is 17.8 Å². The maximum absolute atomic E-state index is 5.73. The molecule has 0 amide bonds. The van der Waals surface area contributed by atoms with Gasteiger partial charge in [0, 0.05) is 12.6 Å². The number of nitrogens with two attached hydrogens (primary N) is 1. The van der Waals surface area contributed by atoms with Crippen LogP contribution in [0.4, 0.5) is 0 Å². The summed E-state index contributed by atoms with van der Waals surface area (Å²) in [6, 6.07) is 0.701. The van der Waals surface area contributed by atoms with Crippen LogP contribution in [0.15, 0.2) is 0 Å². The molecule has 1 aliphatic carbocycles. The van der Waals surface area contributed by atoms with Gasteiger partial charge in [0.25, 0.3) is 0 Å². The zero-order valence-electron chi connectivity index (χ0n) is 11.6. The Bertz CT molecular complexity index is 183. The van der Waals surface area contributed by atoms with Gasteiger partial charge in [-0.2, -0.15) is 0 Å². The van der Waals surface area contributed by atoms with Gasteiger partial charge in [-0.3, -0.25) is 0 Å². The zero-order chi connectivity index (χ0) is 12.1. The summed E-state index contributed by atoms with van der Waals surface area (Å²) >= 11 is 0. The molecule has 96 valence electrons. The Hall–Kier alpha value is -0.0800. The fourth-order valence-corrected chi connectivity index (χ4v) is 2.73. The van der Waals surface area contributed by atoms with Gasteiger partial charge in [0.2, 0.25) is 0 Å². The van der Waals surface area contributed by atoms with Crippen molar-refractivity contribution in [1.82, 2.24) is 4.90 Å². The second-order valence-corrected chi connectivity index (χ2v) is 6.05. The summed E-state index contributed by atoms with van der Waals surface area (Å²) in [5.41, 5.74) is 5.73. The van der Waals surface area contributed by atoms with Crippen molar-refractivity contribution in [3.8, 4) is 0 Å². The summed E-state index contributed by atoms with van der Waals surface area (Å²) in [4.78, 5) is 2.54. The van der Waals surface area contributed by atoms with Gasteiger partial charge in [-0.25, -0.2) is 0 Å². The second kappa shape index (κ2) is 6.61. The minimum atomic E-state index is 0.701. The van der Waals surface area contributed by atoms with Gasteiger partial charge in [-0.05, 0) is 64.0 Å². The second-order valence-electron chi connectivity index (χ2n) is 6.05. The lowest BCUT2D eigenvalue weighted by Crippen LogP contribution is -2.38. The third kappa shape index (κ3) is 4.06. The molecule has 0 aliphatic heterocycles. The molecule has 0 saturated heterocycles. The number of nitrogens with zero attached hydrogens (tertiary/aromatic N) is 1. The molecular weight excluding hydrogens is 196 g/mol. The number of rotatable bonds is 5. The van der Waals surface area contributed by atoms with E-state index in [1.165, 1.54) is 32.2 Å². The van der Waals surface area contributed by atoms with Crippen molar-refractivity contribution in [3.05, 3.63) is 0 Å². The smallest absolute Gasteiger partial charge is 0.00869 e. The van der Waals surface area contributed by atoms with Crippen LogP contribution >= 0.6 is 0 Å². The van der Waals surface area contributed by atoms with E-state index in [-0.39, 0.29) is 0 Å². The molecule has 2 nitrogen and oxygen atoms in total. The average Bonchev–Trinajstić information content (AvgIpc) is 2.28. The van der Waals surface area contributed by atoms with Gasteiger partial charge in [-0.1, -0.05) is 13.8 Å². The van der Waals surface area contributed by atoms with Gasteiger partial charge in [-0.15, -0.1) is 0 Å². The van der Waals surface area contributed by atoms with Gasteiger partial charge in [0.15, 0.2) is 0 Å². The first kappa shape index (κ1) is 14.0. The lowest BCUT2D eigenvalue weighted by molar-refractivity contribution is 0.149. The molecule has 1 aliphatic rings. The minimum Gasteiger partial charge on any atom is -0.330 e. The molecule has 0 spiro atoms. The molecule has 1 rings (SSSR count). The molecule has 0 radical (unpaired) electrons. The SMILES string of the molecule is CC(C)C(C)N(C)CC1CCC(CN)CC1. The Labute approximate surface area is 102 Å². The predicted molar refractivity (Wildman–Crippen MR) is 71.4 cm³/mol. The largest absolute Gasteiger partial charge is 0.330 e. The van der Waals surface area contributed by atoms with Crippen LogP contribution < -0.4 is 5.73 Å². The molecule has 2 heteroatoms. The number of hydrogen-bond donors (Lipinski definition) is 1. The van der Waals surface area contributed by atoms with Crippen molar-refractivity contribution in [2.45, 2.75) is 52.5 Å². The summed E-state index contributed by atoms with van der Waals surface area (Å²) in [5, 5.41) is 0. The summed E-state index contributed by atoms with van der Waals surface area (Å²) in [7, 11) is 2.28. The molecule has 16 heavy (non-hydrogen) atoms. The molecule has 0 heterocycles. The standard InChI is InChI=1S/C14H30N2/c1-11(2)12(3)16(4)10-14-7-5-13(9-15)6-8-14/h11-14H,5-10,15H2,1-4H3. The van der Waals surface area contributed by atoms with Crippen molar-refractivity contribution in [2.24, 2.45) is 23.5 Å². The first-order valence-electron chi connectivity index (χ1n) is 6.94. The summed E-state index contributed by atoms with van der Waals surface area (Å²) in [6.07, 6.45) is 5.48. The summed E-state index contributed by atoms with van der Waals surface area (Å²) in [5.74, 6) is 2.48. The van der Waals surface area contributed by atoms with E-state index in [1.54, 1.807) is 0 Å². The molecule has 0 aromatic carbocycles. The average molecular weight is 226 g/mol. The van der Waals surface area contributed by atoms with Crippen molar-refractivity contribution < 1.29 is 0 Å². The highest BCUT2D eigenvalue weighted by Gasteiger charge is 2.23. The molecule has 1 atom stereocenters. The van der Waals surface area contributed by atoms with Crippen molar-refractivity contribution in [2.75, 3.05) is 20.1 Å². The van der Waals surface area contributed by atoms with Crippen LogP contribution in [-0.4, -0.2) is 31.1 Å². The molecule has 0 aromatic heterocycles. The lowest BCUT2D eigenvalue weighted by atomic mass is 9.81. The van der Waals surface area contributed by atoms with Crippen molar-refractivity contribution >= 4 is 0 Å². The van der Waals surface area contributed by atoms with E-state index in [4.69, 9.17) is 5.73 Å². The monoisotopic (exact) mass is 226 g/mol. The fraction of sp³-hybridized carbons (Fsp3) is 1.00. The molecular formula is C14H30N2. The predicted octanol–water partition coefficient (Wildman–Crippen LogP) is 2.73. The van der Waals surface area contributed by atoms with Crippen LogP contribution in [0.25, 0.3) is 0 Å². The van der Waals surface area contributed by atoms with E-state index >= 15 is 0 Å².